The van der Waals surface area contributed by atoms with Gasteiger partial charge in [0.1, 0.15) is 0 Å². The van der Waals surface area contributed by atoms with Crippen molar-refractivity contribution in [2.75, 3.05) is 19.6 Å². The molecule has 1 saturated heterocycles. The molecular weight excluding hydrogens is 258 g/mol. The Bertz CT molecular complexity index is 378. The first-order valence-corrected chi connectivity index (χ1v) is 7.49. The fraction of sp³-hybridized carbons (Fsp3) is 0.786. The average Bonchev–Trinajstić information content (AvgIpc) is 3.02. The lowest BCUT2D eigenvalue weighted by atomic mass is 10.2. The third kappa shape index (κ3) is 4.51. The largest absolute Gasteiger partial charge is 0.354 e. The second kappa shape index (κ2) is 7.26. The molecule has 0 spiro atoms. The van der Waals surface area contributed by atoms with Crippen molar-refractivity contribution in [1.29, 1.82) is 0 Å². The maximum absolute atomic E-state index is 11.7. The highest BCUT2D eigenvalue weighted by Crippen LogP contribution is 2.17. The normalized spacial score (nSPS) is 19.4. The van der Waals surface area contributed by atoms with E-state index in [2.05, 4.69) is 10.6 Å². The van der Waals surface area contributed by atoms with Crippen LogP contribution in [0.3, 0.4) is 0 Å². The fourth-order valence-electron chi connectivity index (χ4n) is 2.79. The first-order valence-electron chi connectivity index (χ1n) is 7.49. The standard InChI is InChI=1S/C14H23N3O3/c18-12(16-11-4-1-2-5-11)7-8-15-13(19)10-17-9-3-6-14(17)20/h11H,1-10H2,(H,15,19)(H,16,18). The highest BCUT2D eigenvalue weighted by molar-refractivity contribution is 5.86. The van der Waals surface area contributed by atoms with Crippen molar-refractivity contribution in [2.45, 2.75) is 51.0 Å². The molecule has 6 heteroatoms. The van der Waals surface area contributed by atoms with E-state index in [1.165, 1.54) is 12.8 Å². The van der Waals surface area contributed by atoms with Gasteiger partial charge in [0.2, 0.25) is 17.7 Å². The van der Waals surface area contributed by atoms with Gasteiger partial charge in [0.15, 0.2) is 0 Å². The number of carbonyl (C=O) groups is 3. The molecule has 1 saturated carbocycles. The van der Waals surface area contributed by atoms with Crippen molar-refractivity contribution in [2.24, 2.45) is 0 Å². The van der Waals surface area contributed by atoms with E-state index in [9.17, 15) is 14.4 Å². The molecule has 2 fully saturated rings. The molecule has 0 aromatic rings. The van der Waals surface area contributed by atoms with Crippen molar-refractivity contribution in [3.63, 3.8) is 0 Å². The van der Waals surface area contributed by atoms with E-state index in [1.807, 2.05) is 0 Å². The van der Waals surface area contributed by atoms with Gasteiger partial charge in [0, 0.05) is 32.0 Å². The highest BCUT2D eigenvalue weighted by atomic mass is 16.2. The van der Waals surface area contributed by atoms with Gasteiger partial charge < -0.3 is 15.5 Å². The van der Waals surface area contributed by atoms with Gasteiger partial charge in [0.25, 0.3) is 0 Å². The predicted octanol–water partition coefficient (Wildman–Crippen LogP) is 0.174. The average molecular weight is 281 g/mol. The van der Waals surface area contributed by atoms with Crippen LogP contribution in [0.5, 0.6) is 0 Å². The molecule has 1 heterocycles. The van der Waals surface area contributed by atoms with Crippen LogP contribution in [0, 0.1) is 0 Å². The summed E-state index contributed by atoms with van der Waals surface area (Å²) < 4.78 is 0. The third-order valence-electron chi connectivity index (χ3n) is 3.90. The van der Waals surface area contributed by atoms with Gasteiger partial charge in [-0.05, 0) is 19.3 Å². The molecule has 2 rings (SSSR count). The number of hydrogen-bond donors (Lipinski definition) is 2. The number of nitrogens with one attached hydrogen (secondary N) is 2. The molecule has 1 aliphatic carbocycles. The number of rotatable bonds is 6. The molecule has 0 radical (unpaired) electrons. The molecule has 1 aliphatic heterocycles. The number of nitrogens with zero attached hydrogens (tertiary/aromatic N) is 1. The van der Waals surface area contributed by atoms with Crippen LogP contribution in [-0.2, 0) is 14.4 Å². The van der Waals surface area contributed by atoms with E-state index in [-0.39, 0.29) is 24.3 Å². The summed E-state index contributed by atoms with van der Waals surface area (Å²) in [5.74, 6) is -0.150. The molecule has 6 nitrogen and oxygen atoms in total. The predicted molar refractivity (Wildman–Crippen MR) is 73.8 cm³/mol. The van der Waals surface area contributed by atoms with E-state index in [0.29, 0.717) is 32.0 Å². The van der Waals surface area contributed by atoms with Crippen LogP contribution in [0.15, 0.2) is 0 Å². The lowest BCUT2D eigenvalue weighted by Gasteiger charge is -2.15. The van der Waals surface area contributed by atoms with Gasteiger partial charge in [-0.1, -0.05) is 12.8 Å². The topological polar surface area (TPSA) is 78.5 Å². The minimum atomic E-state index is -0.186. The summed E-state index contributed by atoms with van der Waals surface area (Å²) in [4.78, 5) is 36.2. The Labute approximate surface area is 119 Å². The Hall–Kier alpha value is -1.59. The molecule has 112 valence electrons. The molecule has 0 bridgehead atoms. The molecule has 0 atom stereocenters. The van der Waals surface area contributed by atoms with Crippen molar-refractivity contribution < 1.29 is 14.4 Å². The van der Waals surface area contributed by atoms with Gasteiger partial charge in [-0.2, -0.15) is 0 Å². The monoisotopic (exact) mass is 281 g/mol. The summed E-state index contributed by atoms with van der Waals surface area (Å²) in [6.07, 6.45) is 6.17. The molecule has 3 amide bonds. The lowest BCUT2D eigenvalue weighted by Crippen LogP contribution is -2.40. The van der Waals surface area contributed by atoms with Crippen LogP contribution in [0.4, 0.5) is 0 Å². The van der Waals surface area contributed by atoms with E-state index in [0.717, 1.165) is 19.3 Å². The van der Waals surface area contributed by atoms with Gasteiger partial charge in [-0.25, -0.2) is 0 Å². The highest BCUT2D eigenvalue weighted by Gasteiger charge is 2.22. The minimum Gasteiger partial charge on any atom is -0.354 e. The summed E-state index contributed by atoms with van der Waals surface area (Å²) in [7, 11) is 0. The Morgan fingerprint density at radius 1 is 1.15 bits per heavy atom. The SMILES string of the molecule is O=C(CN1CCCC1=O)NCCC(=O)NC1CCCC1. The number of hydrogen-bond acceptors (Lipinski definition) is 3. The van der Waals surface area contributed by atoms with Crippen molar-refractivity contribution in [3.05, 3.63) is 0 Å². The van der Waals surface area contributed by atoms with Crippen LogP contribution < -0.4 is 10.6 Å². The fourth-order valence-corrected chi connectivity index (χ4v) is 2.79. The lowest BCUT2D eigenvalue weighted by molar-refractivity contribution is -0.133. The van der Waals surface area contributed by atoms with Crippen molar-refractivity contribution >= 4 is 17.7 Å². The first kappa shape index (κ1) is 14.8. The Kier molecular flexibility index (Phi) is 5.38. The third-order valence-corrected chi connectivity index (χ3v) is 3.90. The Morgan fingerprint density at radius 2 is 1.90 bits per heavy atom. The minimum absolute atomic E-state index is 0.00514. The van der Waals surface area contributed by atoms with Crippen LogP contribution >= 0.6 is 0 Å². The second-order valence-corrected chi connectivity index (χ2v) is 5.57. The quantitative estimate of drug-likeness (QED) is 0.728. The van der Waals surface area contributed by atoms with Gasteiger partial charge >= 0.3 is 0 Å². The molecule has 2 N–H and O–H groups in total. The van der Waals surface area contributed by atoms with Crippen LogP contribution in [0.1, 0.15) is 44.9 Å². The zero-order valence-corrected chi connectivity index (χ0v) is 11.8. The van der Waals surface area contributed by atoms with Crippen molar-refractivity contribution in [1.82, 2.24) is 15.5 Å². The van der Waals surface area contributed by atoms with Gasteiger partial charge in [-0.15, -0.1) is 0 Å². The molecular formula is C14H23N3O3. The first-order chi connectivity index (χ1) is 9.65. The summed E-state index contributed by atoms with van der Waals surface area (Å²) in [5, 5.41) is 5.67. The zero-order chi connectivity index (χ0) is 14.4. The van der Waals surface area contributed by atoms with Crippen LogP contribution in [0.25, 0.3) is 0 Å². The van der Waals surface area contributed by atoms with E-state index < -0.39 is 0 Å². The molecule has 0 aromatic carbocycles. The molecule has 0 aromatic heterocycles. The summed E-state index contributed by atoms with van der Waals surface area (Å²) >= 11 is 0. The van der Waals surface area contributed by atoms with E-state index in [1.54, 1.807) is 4.90 Å². The molecule has 0 unspecified atom stereocenters. The smallest absolute Gasteiger partial charge is 0.239 e. The summed E-state index contributed by atoms with van der Waals surface area (Å²) in [6.45, 7) is 1.11. The summed E-state index contributed by atoms with van der Waals surface area (Å²) in [6, 6.07) is 0.320. The number of carbonyl (C=O) groups excluding carboxylic acids is 3. The van der Waals surface area contributed by atoms with Crippen LogP contribution in [0.2, 0.25) is 0 Å². The van der Waals surface area contributed by atoms with Crippen LogP contribution in [-0.4, -0.2) is 48.3 Å². The summed E-state index contributed by atoms with van der Waals surface area (Å²) in [5.41, 5.74) is 0. The Morgan fingerprint density at radius 3 is 2.55 bits per heavy atom. The number of amides is 3. The zero-order valence-electron chi connectivity index (χ0n) is 11.8. The second-order valence-electron chi connectivity index (χ2n) is 5.57. The van der Waals surface area contributed by atoms with Gasteiger partial charge in [-0.3, -0.25) is 14.4 Å². The van der Waals surface area contributed by atoms with E-state index in [4.69, 9.17) is 0 Å². The number of likely N-dealkylation sites (tertiary alicyclic amines) is 1. The maximum Gasteiger partial charge on any atom is 0.239 e. The maximum atomic E-state index is 11.7. The molecule has 20 heavy (non-hydrogen) atoms. The van der Waals surface area contributed by atoms with Gasteiger partial charge in [0.05, 0.1) is 6.54 Å². The Balaban J connectivity index is 1.56. The molecule has 2 aliphatic rings. The van der Waals surface area contributed by atoms with Crippen molar-refractivity contribution in [3.8, 4) is 0 Å². The van der Waals surface area contributed by atoms with E-state index >= 15 is 0 Å².